The number of aliphatic carboxylic acids is 1. The van der Waals surface area contributed by atoms with Crippen molar-refractivity contribution in [1.29, 1.82) is 0 Å². The number of rotatable bonds is 5. The molecule has 1 atom stereocenters. The smallest absolute Gasteiger partial charge is 0.319 e. The third kappa shape index (κ3) is 4.77. The molecule has 108 valence electrons. The molecule has 0 aromatic heterocycles. The molecule has 1 aliphatic rings. The van der Waals surface area contributed by atoms with E-state index in [-0.39, 0.29) is 12.5 Å². The summed E-state index contributed by atoms with van der Waals surface area (Å²) in [5, 5.41) is 14.8. The molecule has 0 aliphatic carbocycles. The van der Waals surface area contributed by atoms with Gasteiger partial charge in [-0.1, -0.05) is 12.1 Å². The minimum absolute atomic E-state index is 0.00855. The summed E-state index contributed by atoms with van der Waals surface area (Å²) in [5.41, 5.74) is 1.38. The van der Waals surface area contributed by atoms with E-state index >= 15 is 0 Å². The zero-order chi connectivity index (χ0) is 14.4. The third-order valence-electron chi connectivity index (χ3n) is 3.08. The second-order valence-corrected chi connectivity index (χ2v) is 6.15. The average Bonchev–Trinajstić information content (AvgIpc) is 2.91. The number of anilines is 1. The molecular weight excluding hydrogens is 276 g/mol. The van der Waals surface area contributed by atoms with Crippen molar-refractivity contribution in [1.82, 2.24) is 5.32 Å². The fourth-order valence-corrected chi connectivity index (χ4v) is 3.27. The Bertz CT molecular complexity index is 470. The third-order valence-corrected chi connectivity index (χ3v) is 4.48. The van der Waals surface area contributed by atoms with Gasteiger partial charge in [0.1, 0.15) is 0 Å². The first-order valence-electron chi connectivity index (χ1n) is 6.60. The number of benzene rings is 1. The number of carboxylic acids is 1. The van der Waals surface area contributed by atoms with Crippen LogP contribution in [-0.2, 0) is 11.2 Å². The number of nitrogens with one attached hydrogen (secondary N) is 2. The molecule has 0 spiro atoms. The molecule has 2 amide bonds. The molecule has 1 fully saturated rings. The molecule has 3 N–H and O–H groups in total. The van der Waals surface area contributed by atoms with Crippen LogP contribution in [0, 0.1) is 0 Å². The Hall–Kier alpha value is -1.69. The number of hydrogen-bond acceptors (Lipinski definition) is 3. The van der Waals surface area contributed by atoms with Gasteiger partial charge in [0.25, 0.3) is 0 Å². The molecule has 0 radical (unpaired) electrons. The Morgan fingerprint density at radius 1 is 1.30 bits per heavy atom. The summed E-state index contributed by atoms with van der Waals surface area (Å²) >= 11 is 1.90. The Morgan fingerprint density at radius 2 is 2.05 bits per heavy atom. The Balaban J connectivity index is 1.76. The summed E-state index contributed by atoms with van der Waals surface area (Å²) in [6, 6.07) is 6.61. The van der Waals surface area contributed by atoms with Crippen LogP contribution in [0.15, 0.2) is 24.3 Å². The van der Waals surface area contributed by atoms with Crippen LogP contribution < -0.4 is 10.6 Å². The molecule has 0 bridgehead atoms. The molecule has 20 heavy (non-hydrogen) atoms. The van der Waals surface area contributed by atoms with Gasteiger partial charge >= 0.3 is 12.0 Å². The lowest BCUT2D eigenvalue weighted by atomic mass is 10.1. The quantitative estimate of drug-likeness (QED) is 0.779. The van der Waals surface area contributed by atoms with Gasteiger partial charge in [0, 0.05) is 17.5 Å². The molecule has 1 saturated heterocycles. The van der Waals surface area contributed by atoms with E-state index in [1.54, 1.807) is 24.3 Å². The Labute approximate surface area is 122 Å². The molecule has 1 aromatic rings. The van der Waals surface area contributed by atoms with Crippen LogP contribution in [0.25, 0.3) is 0 Å². The number of carbonyl (C=O) groups is 2. The maximum absolute atomic E-state index is 11.7. The maximum atomic E-state index is 11.7. The number of urea groups is 1. The predicted octanol–water partition coefficient (Wildman–Crippen LogP) is 2.33. The van der Waals surface area contributed by atoms with Crippen LogP contribution >= 0.6 is 11.8 Å². The fraction of sp³-hybridized carbons (Fsp3) is 0.429. The SMILES string of the molecule is O=C(O)Cc1ccc(NC(=O)NCC2CCCS2)cc1. The highest BCUT2D eigenvalue weighted by atomic mass is 32.2. The van der Waals surface area contributed by atoms with E-state index in [4.69, 9.17) is 5.11 Å². The summed E-state index contributed by atoms with van der Waals surface area (Å²) in [6.07, 6.45) is 2.38. The molecule has 1 aromatic carbocycles. The van der Waals surface area contributed by atoms with Crippen molar-refractivity contribution in [2.45, 2.75) is 24.5 Å². The Morgan fingerprint density at radius 3 is 2.65 bits per heavy atom. The van der Waals surface area contributed by atoms with Crippen molar-refractivity contribution in [2.75, 3.05) is 17.6 Å². The minimum atomic E-state index is -0.863. The van der Waals surface area contributed by atoms with Crippen molar-refractivity contribution in [2.24, 2.45) is 0 Å². The zero-order valence-corrected chi connectivity index (χ0v) is 11.9. The summed E-state index contributed by atoms with van der Waals surface area (Å²) < 4.78 is 0. The standard InChI is InChI=1S/C14H18N2O3S/c17-13(18)8-10-3-5-11(6-4-10)16-14(19)15-9-12-2-1-7-20-12/h3-6,12H,1-2,7-9H2,(H,17,18)(H2,15,16,19). The molecule has 2 rings (SSSR count). The van der Waals surface area contributed by atoms with Gasteiger partial charge in [-0.05, 0) is 36.3 Å². The largest absolute Gasteiger partial charge is 0.481 e. The fourth-order valence-electron chi connectivity index (χ4n) is 2.07. The highest BCUT2D eigenvalue weighted by Crippen LogP contribution is 2.25. The molecule has 1 aliphatic heterocycles. The van der Waals surface area contributed by atoms with Crippen molar-refractivity contribution < 1.29 is 14.7 Å². The van der Waals surface area contributed by atoms with Gasteiger partial charge < -0.3 is 15.7 Å². The lowest BCUT2D eigenvalue weighted by Crippen LogP contribution is -2.33. The van der Waals surface area contributed by atoms with Crippen LogP contribution in [0.4, 0.5) is 10.5 Å². The molecule has 1 heterocycles. The first-order chi connectivity index (χ1) is 9.63. The second-order valence-electron chi connectivity index (χ2n) is 4.74. The van der Waals surface area contributed by atoms with E-state index < -0.39 is 5.97 Å². The van der Waals surface area contributed by atoms with Gasteiger partial charge in [0.2, 0.25) is 0 Å². The van der Waals surface area contributed by atoms with E-state index in [2.05, 4.69) is 10.6 Å². The normalized spacial score (nSPS) is 17.7. The van der Waals surface area contributed by atoms with Crippen molar-refractivity contribution in [3.05, 3.63) is 29.8 Å². The maximum Gasteiger partial charge on any atom is 0.319 e. The summed E-state index contributed by atoms with van der Waals surface area (Å²) in [7, 11) is 0. The first kappa shape index (κ1) is 14.7. The van der Waals surface area contributed by atoms with Crippen LogP contribution in [0.5, 0.6) is 0 Å². The molecule has 6 heteroatoms. The van der Waals surface area contributed by atoms with Gasteiger partial charge in [-0.15, -0.1) is 0 Å². The molecule has 1 unspecified atom stereocenters. The van der Waals surface area contributed by atoms with Crippen LogP contribution in [0.2, 0.25) is 0 Å². The second kappa shape index (κ2) is 7.19. The predicted molar refractivity (Wildman–Crippen MR) is 80.3 cm³/mol. The lowest BCUT2D eigenvalue weighted by molar-refractivity contribution is -0.136. The highest BCUT2D eigenvalue weighted by molar-refractivity contribution is 8.00. The molecule has 5 nitrogen and oxygen atoms in total. The monoisotopic (exact) mass is 294 g/mol. The molecule has 0 saturated carbocycles. The number of thioether (sulfide) groups is 1. The first-order valence-corrected chi connectivity index (χ1v) is 7.65. The van der Waals surface area contributed by atoms with Crippen molar-refractivity contribution >= 4 is 29.4 Å². The van der Waals surface area contributed by atoms with Gasteiger partial charge in [0.15, 0.2) is 0 Å². The summed E-state index contributed by atoms with van der Waals surface area (Å²) in [6.45, 7) is 0.688. The van der Waals surface area contributed by atoms with Crippen LogP contribution in [0.1, 0.15) is 18.4 Å². The number of carboxylic acid groups (broad SMARTS) is 1. The zero-order valence-electron chi connectivity index (χ0n) is 11.1. The van der Waals surface area contributed by atoms with Crippen molar-refractivity contribution in [3.63, 3.8) is 0 Å². The van der Waals surface area contributed by atoms with E-state index in [1.807, 2.05) is 11.8 Å². The number of carbonyl (C=O) groups excluding carboxylic acids is 1. The van der Waals surface area contributed by atoms with Gasteiger partial charge in [-0.3, -0.25) is 4.79 Å². The van der Waals surface area contributed by atoms with Gasteiger partial charge in [-0.25, -0.2) is 4.79 Å². The van der Waals surface area contributed by atoms with Crippen LogP contribution in [0.3, 0.4) is 0 Å². The molecular formula is C14H18N2O3S. The summed E-state index contributed by atoms with van der Waals surface area (Å²) in [5.74, 6) is 0.316. The highest BCUT2D eigenvalue weighted by Gasteiger charge is 2.16. The lowest BCUT2D eigenvalue weighted by Gasteiger charge is -2.11. The van der Waals surface area contributed by atoms with Crippen molar-refractivity contribution in [3.8, 4) is 0 Å². The number of amides is 2. The van der Waals surface area contributed by atoms with E-state index in [1.165, 1.54) is 12.2 Å². The summed E-state index contributed by atoms with van der Waals surface area (Å²) in [4.78, 5) is 22.3. The number of hydrogen-bond donors (Lipinski definition) is 3. The Kier molecular flexibility index (Phi) is 5.29. The van der Waals surface area contributed by atoms with E-state index in [0.29, 0.717) is 23.0 Å². The van der Waals surface area contributed by atoms with Gasteiger partial charge in [0.05, 0.1) is 6.42 Å². The minimum Gasteiger partial charge on any atom is -0.481 e. The van der Waals surface area contributed by atoms with Gasteiger partial charge in [-0.2, -0.15) is 11.8 Å². The van der Waals surface area contributed by atoms with E-state index in [0.717, 1.165) is 6.42 Å². The topological polar surface area (TPSA) is 78.4 Å². The van der Waals surface area contributed by atoms with E-state index in [9.17, 15) is 9.59 Å². The average molecular weight is 294 g/mol. The van der Waals surface area contributed by atoms with Crippen LogP contribution in [-0.4, -0.2) is 34.7 Å².